The first-order valence-corrected chi connectivity index (χ1v) is 5.70. The number of amides is 2. The van der Waals surface area contributed by atoms with Gasteiger partial charge in [-0.2, -0.15) is 0 Å². The Morgan fingerprint density at radius 3 is 2.65 bits per heavy atom. The van der Waals surface area contributed by atoms with E-state index < -0.39 is 5.82 Å². The van der Waals surface area contributed by atoms with E-state index in [0.29, 0.717) is 10.6 Å². The number of nitrogen functional groups attached to an aromatic ring is 1. The number of hydrazine groups is 1. The van der Waals surface area contributed by atoms with Crippen molar-refractivity contribution in [2.45, 2.75) is 11.8 Å². The molecule has 0 aromatic heterocycles. The molecule has 17 heavy (non-hydrogen) atoms. The van der Waals surface area contributed by atoms with Gasteiger partial charge in [0.15, 0.2) is 0 Å². The van der Waals surface area contributed by atoms with Crippen molar-refractivity contribution in [3.63, 3.8) is 0 Å². The zero-order valence-electron chi connectivity index (χ0n) is 9.12. The van der Waals surface area contributed by atoms with Gasteiger partial charge in [0, 0.05) is 17.5 Å². The normalized spacial score (nSPS) is 9.76. The van der Waals surface area contributed by atoms with Crippen LogP contribution in [-0.2, 0) is 9.59 Å². The van der Waals surface area contributed by atoms with E-state index in [1.807, 2.05) is 0 Å². The van der Waals surface area contributed by atoms with Crippen molar-refractivity contribution < 1.29 is 14.0 Å². The maximum Gasteiger partial charge on any atom is 0.248 e. The third kappa shape index (κ3) is 5.21. The van der Waals surface area contributed by atoms with E-state index in [4.69, 9.17) is 5.73 Å². The summed E-state index contributed by atoms with van der Waals surface area (Å²) in [5.74, 6) is -1.13. The van der Waals surface area contributed by atoms with Crippen LogP contribution in [0.25, 0.3) is 0 Å². The van der Waals surface area contributed by atoms with Gasteiger partial charge in [-0.1, -0.05) is 0 Å². The molecule has 5 nitrogen and oxygen atoms in total. The summed E-state index contributed by atoms with van der Waals surface area (Å²) in [4.78, 5) is 22.3. The average Bonchev–Trinajstić information content (AvgIpc) is 2.22. The number of halogens is 1. The maximum atomic E-state index is 13.0. The highest BCUT2D eigenvalue weighted by atomic mass is 32.2. The average molecular weight is 257 g/mol. The van der Waals surface area contributed by atoms with Gasteiger partial charge in [0.1, 0.15) is 5.82 Å². The van der Waals surface area contributed by atoms with Crippen LogP contribution in [0.15, 0.2) is 23.1 Å². The molecule has 2 amide bonds. The van der Waals surface area contributed by atoms with Crippen LogP contribution < -0.4 is 16.6 Å². The molecule has 0 fully saturated rings. The molecule has 1 aromatic rings. The highest BCUT2D eigenvalue weighted by molar-refractivity contribution is 8.00. The van der Waals surface area contributed by atoms with Crippen LogP contribution in [0.3, 0.4) is 0 Å². The molecule has 0 aliphatic heterocycles. The predicted octanol–water partition coefficient (Wildman–Crippen LogP) is 0.667. The number of carbonyl (C=O) groups is 2. The van der Waals surface area contributed by atoms with Gasteiger partial charge in [-0.3, -0.25) is 20.4 Å². The van der Waals surface area contributed by atoms with Gasteiger partial charge in [-0.15, -0.1) is 11.8 Å². The lowest BCUT2D eigenvalue weighted by Crippen LogP contribution is -2.41. The van der Waals surface area contributed by atoms with E-state index in [1.165, 1.54) is 19.1 Å². The van der Waals surface area contributed by atoms with Crippen molar-refractivity contribution >= 4 is 29.3 Å². The van der Waals surface area contributed by atoms with E-state index in [2.05, 4.69) is 10.9 Å². The van der Waals surface area contributed by atoms with Crippen molar-refractivity contribution in [3.8, 4) is 0 Å². The minimum absolute atomic E-state index is 0.0587. The second-order valence-corrected chi connectivity index (χ2v) is 4.29. The lowest BCUT2D eigenvalue weighted by molar-refractivity contribution is -0.126. The molecule has 0 spiro atoms. The molecule has 0 bridgehead atoms. The van der Waals surface area contributed by atoms with Crippen LogP contribution in [-0.4, -0.2) is 17.6 Å². The molecule has 0 aliphatic carbocycles. The summed E-state index contributed by atoms with van der Waals surface area (Å²) >= 11 is 1.13. The van der Waals surface area contributed by atoms with Gasteiger partial charge in [0.25, 0.3) is 0 Å². The summed E-state index contributed by atoms with van der Waals surface area (Å²) < 4.78 is 13.0. The van der Waals surface area contributed by atoms with Crippen LogP contribution in [0.2, 0.25) is 0 Å². The van der Waals surface area contributed by atoms with E-state index in [0.717, 1.165) is 11.8 Å². The zero-order chi connectivity index (χ0) is 12.8. The van der Waals surface area contributed by atoms with E-state index >= 15 is 0 Å². The third-order valence-corrected chi connectivity index (χ3v) is 2.62. The van der Waals surface area contributed by atoms with E-state index in [-0.39, 0.29) is 17.6 Å². The molecule has 4 N–H and O–H groups in total. The van der Waals surface area contributed by atoms with Crippen molar-refractivity contribution in [3.05, 3.63) is 24.0 Å². The first kappa shape index (κ1) is 13.3. The number of hydrogen-bond acceptors (Lipinski definition) is 4. The highest BCUT2D eigenvalue weighted by Gasteiger charge is 2.04. The predicted molar refractivity (Wildman–Crippen MR) is 63.5 cm³/mol. The summed E-state index contributed by atoms with van der Waals surface area (Å²) in [5, 5.41) is 0. The van der Waals surface area contributed by atoms with Gasteiger partial charge in [0.2, 0.25) is 11.8 Å². The van der Waals surface area contributed by atoms with Crippen LogP contribution in [0.1, 0.15) is 6.92 Å². The molecule has 1 aromatic carbocycles. The Balaban J connectivity index is 2.44. The van der Waals surface area contributed by atoms with Crippen LogP contribution in [0.4, 0.5) is 10.1 Å². The molecule has 0 radical (unpaired) electrons. The summed E-state index contributed by atoms with van der Waals surface area (Å²) in [6.45, 7) is 1.28. The molecule has 0 saturated heterocycles. The fourth-order valence-electron chi connectivity index (χ4n) is 1.01. The summed E-state index contributed by atoms with van der Waals surface area (Å²) in [7, 11) is 0. The Bertz CT molecular complexity index is 419. The minimum Gasteiger partial charge on any atom is -0.399 e. The van der Waals surface area contributed by atoms with Gasteiger partial charge in [0.05, 0.1) is 5.75 Å². The Morgan fingerprint density at radius 2 is 2.06 bits per heavy atom. The number of thioether (sulfide) groups is 1. The third-order valence-electron chi connectivity index (χ3n) is 1.64. The SMILES string of the molecule is CC(=O)NNC(=O)CSc1cc(N)cc(F)c1. The number of anilines is 1. The molecule has 7 heteroatoms. The van der Waals surface area contributed by atoms with Gasteiger partial charge < -0.3 is 5.73 Å². The first-order chi connectivity index (χ1) is 7.97. The zero-order valence-corrected chi connectivity index (χ0v) is 9.94. The number of benzene rings is 1. The summed E-state index contributed by atoms with van der Waals surface area (Å²) in [6.07, 6.45) is 0. The van der Waals surface area contributed by atoms with Crippen molar-refractivity contribution in [2.75, 3.05) is 11.5 Å². The molecule has 1 rings (SSSR count). The van der Waals surface area contributed by atoms with Crippen LogP contribution in [0, 0.1) is 5.82 Å². The lowest BCUT2D eigenvalue weighted by Gasteiger charge is -2.05. The molecule has 0 unspecified atom stereocenters. The largest absolute Gasteiger partial charge is 0.399 e. The fraction of sp³-hybridized carbons (Fsp3) is 0.200. The fourth-order valence-corrected chi connectivity index (χ4v) is 1.80. The molecular weight excluding hydrogens is 245 g/mol. The van der Waals surface area contributed by atoms with E-state index in [1.54, 1.807) is 6.07 Å². The quantitative estimate of drug-likeness (QED) is 0.422. The maximum absolute atomic E-state index is 13.0. The van der Waals surface area contributed by atoms with Crippen LogP contribution >= 0.6 is 11.8 Å². The Hall–Kier alpha value is -1.76. The van der Waals surface area contributed by atoms with Crippen LogP contribution in [0.5, 0.6) is 0 Å². The molecule has 0 heterocycles. The Labute approximate surface area is 102 Å². The lowest BCUT2D eigenvalue weighted by atomic mass is 10.3. The molecular formula is C10H12FN3O2S. The Kier molecular flexibility index (Phi) is 4.77. The van der Waals surface area contributed by atoms with Gasteiger partial charge in [-0.25, -0.2) is 4.39 Å². The molecule has 0 saturated carbocycles. The molecule has 92 valence electrons. The summed E-state index contributed by atoms with van der Waals surface area (Å²) in [5.41, 5.74) is 10.1. The topological polar surface area (TPSA) is 84.2 Å². The van der Waals surface area contributed by atoms with Crippen molar-refractivity contribution in [1.29, 1.82) is 0 Å². The monoisotopic (exact) mass is 257 g/mol. The van der Waals surface area contributed by atoms with Crippen molar-refractivity contribution in [2.24, 2.45) is 0 Å². The second-order valence-electron chi connectivity index (χ2n) is 3.24. The Morgan fingerprint density at radius 1 is 1.35 bits per heavy atom. The minimum atomic E-state index is -0.449. The first-order valence-electron chi connectivity index (χ1n) is 4.71. The number of carbonyl (C=O) groups excluding carboxylic acids is 2. The molecule has 0 atom stereocenters. The standard InChI is InChI=1S/C10H12FN3O2S/c1-6(15)13-14-10(16)5-17-9-3-7(11)2-8(12)4-9/h2-4H,5,12H2,1H3,(H,13,15)(H,14,16). The van der Waals surface area contributed by atoms with Gasteiger partial charge >= 0.3 is 0 Å². The number of nitrogens with one attached hydrogen (secondary N) is 2. The summed E-state index contributed by atoms with van der Waals surface area (Å²) in [6, 6.07) is 4.05. The number of nitrogens with two attached hydrogens (primary N) is 1. The number of hydrogen-bond donors (Lipinski definition) is 3. The second kappa shape index (κ2) is 6.09. The van der Waals surface area contributed by atoms with Gasteiger partial charge in [-0.05, 0) is 18.2 Å². The van der Waals surface area contributed by atoms with E-state index in [9.17, 15) is 14.0 Å². The highest BCUT2D eigenvalue weighted by Crippen LogP contribution is 2.21. The molecule has 0 aliphatic rings. The number of rotatable bonds is 3. The smallest absolute Gasteiger partial charge is 0.248 e. The van der Waals surface area contributed by atoms with Crippen molar-refractivity contribution in [1.82, 2.24) is 10.9 Å².